The fraction of sp³-hybridized carbons (Fsp3) is 0.625. The maximum atomic E-state index is 14.5. The average molecular weight is 477 g/mol. The fourth-order valence-electron chi connectivity index (χ4n) is 3.48. The molecule has 0 spiro atoms. The van der Waals surface area contributed by atoms with Gasteiger partial charge in [0.15, 0.2) is 0 Å². The summed E-state index contributed by atoms with van der Waals surface area (Å²) in [6, 6.07) is 5.67. The molecule has 1 atom stereocenters. The average Bonchev–Trinajstić information content (AvgIpc) is 2.53. The second-order valence-corrected chi connectivity index (χ2v) is 7.09. The third-order valence-corrected chi connectivity index (χ3v) is 5.21. The predicted molar refractivity (Wildman–Crippen MR) is 104 cm³/mol. The van der Waals surface area contributed by atoms with Crippen LogP contribution in [0, 0.1) is 15.3 Å². The smallest absolute Gasteiger partial charge is 0.128 e. The molecule has 23 heavy (non-hydrogen) atoms. The van der Waals surface area contributed by atoms with E-state index in [0.717, 1.165) is 61.4 Å². The molecular weight excluding hydrogens is 453 g/mol. The minimum Gasteiger partial charge on any atom is -0.381 e. The van der Waals surface area contributed by atoms with Gasteiger partial charge in [0, 0.05) is 54.6 Å². The van der Waals surface area contributed by atoms with Crippen molar-refractivity contribution in [3.8, 4) is 0 Å². The first kappa shape index (κ1) is 21.4. The van der Waals surface area contributed by atoms with Crippen LogP contribution < -0.4 is 5.32 Å². The molecule has 0 aromatic heterocycles. The maximum absolute atomic E-state index is 14.5. The summed E-state index contributed by atoms with van der Waals surface area (Å²) in [4.78, 5) is 2.46. The van der Waals surface area contributed by atoms with Crippen LogP contribution in [0.1, 0.15) is 24.4 Å². The summed E-state index contributed by atoms with van der Waals surface area (Å²) in [6.45, 7) is 5.58. The third-order valence-electron chi connectivity index (χ3n) is 4.53. The Kier molecular flexibility index (Phi) is 9.63. The molecule has 2 fully saturated rings. The lowest BCUT2D eigenvalue weighted by Gasteiger charge is -2.41. The molecule has 1 aromatic carbocycles. The van der Waals surface area contributed by atoms with Crippen LogP contribution in [0.25, 0.3) is 0 Å². The van der Waals surface area contributed by atoms with E-state index in [-0.39, 0.29) is 36.7 Å². The van der Waals surface area contributed by atoms with E-state index in [0.29, 0.717) is 5.92 Å². The van der Waals surface area contributed by atoms with E-state index in [4.69, 9.17) is 4.74 Å². The van der Waals surface area contributed by atoms with E-state index < -0.39 is 0 Å². The largest absolute Gasteiger partial charge is 0.381 e. The summed E-state index contributed by atoms with van der Waals surface area (Å²) >= 11 is 2.27. The van der Waals surface area contributed by atoms with Crippen molar-refractivity contribution in [2.75, 3.05) is 39.4 Å². The van der Waals surface area contributed by atoms with Gasteiger partial charge in [-0.2, -0.15) is 0 Å². The van der Waals surface area contributed by atoms with Gasteiger partial charge in [0.05, 0.1) is 0 Å². The van der Waals surface area contributed by atoms with Gasteiger partial charge >= 0.3 is 0 Å². The molecule has 132 valence electrons. The molecule has 2 aliphatic heterocycles. The zero-order chi connectivity index (χ0) is 14.7. The highest BCUT2D eigenvalue weighted by Gasteiger charge is 2.32. The number of nitrogens with zero attached hydrogens (tertiary/aromatic N) is 1. The van der Waals surface area contributed by atoms with E-state index in [9.17, 15) is 4.39 Å². The minimum absolute atomic E-state index is 0. The van der Waals surface area contributed by atoms with Gasteiger partial charge in [0.25, 0.3) is 0 Å². The van der Waals surface area contributed by atoms with E-state index in [1.807, 2.05) is 12.1 Å². The van der Waals surface area contributed by atoms with Gasteiger partial charge in [-0.25, -0.2) is 4.39 Å². The summed E-state index contributed by atoms with van der Waals surface area (Å²) < 4.78 is 21.1. The number of rotatable bonds is 3. The normalized spacial score (nSPS) is 21.1. The molecule has 1 aromatic rings. The van der Waals surface area contributed by atoms with Gasteiger partial charge < -0.3 is 10.1 Å². The van der Waals surface area contributed by atoms with E-state index >= 15 is 0 Å². The standard InChI is InChI=1S/C16H22FIN2O.2ClH/c17-15-2-1-13(18)11-14(15)16(12-3-9-21-10-4-12)20-7-5-19-6-8-20;;/h1-2,11-12,16,19H,3-10H2;2*1H/t16-;;/m1../s1. The van der Waals surface area contributed by atoms with E-state index in [1.165, 1.54) is 0 Å². The topological polar surface area (TPSA) is 24.5 Å². The van der Waals surface area contributed by atoms with E-state index in [2.05, 4.69) is 32.8 Å². The molecule has 0 unspecified atom stereocenters. The number of nitrogens with one attached hydrogen (secondary N) is 1. The first-order valence-electron chi connectivity index (χ1n) is 7.73. The van der Waals surface area contributed by atoms with Gasteiger partial charge in [-0.15, -0.1) is 24.8 Å². The van der Waals surface area contributed by atoms with Crippen LogP contribution in [0.4, 0.5) is 4.39 Å². The molecule has 0 radical (unpaired) electrons. The molecule has 0 bridgehead atoms. The van der Waals surface area contributed by atoms with Crippen LogP contribution in [0.5, 0.6) is 0 Å². The Labute approximate surface area is 163 Å². The zero-order valence-electron chi connectivity index (χ0n) is 13.0. The van der Waals surface area contributed by atoms with Crippen LogP contribution in [0.15, 0.2) is 18.2 Å². The molecule has 0 saturated carbocycles. The Morgan fingerprint density at radius 2 is 1.83 bits per heavy atom. The molecule has 2 saturated heterocycles. The van der Waals surface area contributed by atoms with Crippen molar-refractivity contribution in [2.45, 2.75) is 18.9 Å². The Balaban J connectivity index is 0.00000132. The molecule has 7 heteroatoms. The van der Waals surface area contributed by atoms with Crippen molar-refractivity contribution >= 4 is 47.4 Å². The van der Waals surface area contributed by atoms with Crippen LogP contribution >= 0.6 is 47.4 Å². The summed E-state index contributed by atoms with van der Waals surface area (Å²) in [7, 11) is 0. The number of hydrogen-bond acceptors (Lipinski definition) is 3. The molecule has 1 N–H and O–H groups in total. The molecule has 2 heterocycles. The monoisotopic (exact) mass is 476 g/mol. The van der Waals surface area contributed by atoms with Gasteiger partial charge in [0.1, 0.15) is 5.82 Å². The third kappa shape index (κ3) is 5.41. The highest BCUT2D eigenvalue weighted by atomic mass is 127. The van der Waals surface area contributed by atoms with Gasteiger partial charge in [0.2, 0.25) is 0 Å². The lowest BCUT2D eigenvalue weighted by atomic mass is 9.85. The number of halogens is 4. The minimum atomic E-state index is -0.0644. The number of ether oxygens (including phenoxy) is 1. The van der Waals surface area contributed by atoms with Crippen molar-refractivity contribution in [3.05, 3.63) is 33.1 Å². The van der Waals surface area contributed by atoms with Crippen molar-refractivity contribution in [1.82, 2.24) is 10.2 Å². The Morgan fingerprint density at radius 1 is 1.17 bits per heavy atom. The number of benzene rings is 1. The second kappa shape index (κ2) is 10.4. The highest BCUT2D eigenvalue weighted by Crippen LogP contribution is 2.37. The molecule has 2 aliphatic rings. The lowest BCUT2D eigenvalue weighted by molar-refractivity contribution is 0.0202. The van der Waals surface area contributed by atoms with E-state index in [1.54, 1.807) is 6.07 Å². The lowest BCUT2D eigenvalue weighted by Crippen LogP contribution is -2.47. The molecule has 3 rings (SSSR count). The van der Waals surface area contributed by atoms with Crippen LogP contribution in [-0.2, 0) is 4.74 Å². The first-order valence-corrected chi connectivity index (χ1v) is 8.81. The second-order valence-electron chi connectivity index (χ2n) is 5.85. The quantitative estimate of drug-likeness (QED) is 0.674. The van der Waals surface area contributed by atoms with Crippen molar-refractivity contribution in [3.63, 3.8) is 0 Å². The fourth-order valence-corrected chi connectivity index (χ4v) is 4.00. The van der Waals surface area contributed by atoms with Crippen molar-refractivity contribution in [2.24, 2.45) is 5.92 Å². The summed E-state index contributed by atoms with van der Waals surface area (Å²) in [6.07, 6.45) is 2.05. The van der Waals surface area contributed by atoms with Crippen LogP contribution in [0.3, 0.4) is 0 Å². The Hall–Kier alpha value is 0.340. The SMILES string of the molecule is Cl.Cl.Fc1ccc(I)cc1[C@@H](C1CCOCC1)N1CCNCC1. The molecule has 0 amide bonds. The Bertz CT molecular complexity index is 465. The molecule has 3 nitrogen and oxygen atoms in total. The van der Waals surface area contributed by atoms with Crippen LogP contribution in [0.2, 0.25) is 0 Å². The van der Waals surface area contributed by atoms with Crippen molar-refractivity contribution < 1.29 is 9.13 Å². The Morgan fingerprint density at radius 3 is 2.48 bits per heavy atom. The number of hydrogen-bond donors (Lipinski definition) is 1. The summed E-state index contributed by atoms with van der Waals surface area (Å²) in [5, 5.41) is 3.39. The van der Waals surface area contributed by atoms with Gasteiger partial charge in [-0.05, 0) is 59.5 Å². The first-order chi connectivity index (χ1) is 10.3. The zero-order valence-corrected chi connectivity index (χ0v) is 16.8. The molecular formula is C16H24Cl2FIN2O. The van der Waals surface area contributed by atoms with Gasteiger partial charge in [-0.1, -0.05) is 0 Å². The maximum Gasteiger partial charge on any atom is 0.128 e. The van der Waals surface area contributed by atoms with Gasteiger partial charge in [-0.3, -0.25) is 4.90 Å². The van der Waals surface area contributed by atoms with Crippen molar-refractivity contribution in [1.29, 1.82) is 0 Å². The number of piperazine rings is 1. The summed E-state index contributed by atoms with van der Waals surface area (Å²) in [5.74, 6) is 0.426. The predicted octanol–water partition coefficient (Wildman–Crippen LogP) is 3.65. The summed E-state index contributed by atoms with van der Waals surface area (Å²) in [5.41, 5.74) is 0.871. The van der Waals surface area contributed by atoms with Crippen LogP contribution in [-0.4, -0.2) is 44.3 Å². The molecule has 0 aliphatic carbocycles. The highest BCUT2D eigenvalue weighted by molar-refractivity contribution is 14.1.